The second kappa shape index (κ2) is 11.2. The molecule has 10 heteroatoms. The molecule has 0 spiro atoms. The third-order valence-electron chi connectivity index (χ3n) is 5.33. The van der Waals surface area contributed by atoms with Crippen LogP contribution in [0.1, 0.15) is 45.6 Å². The topological polar surface area (TPSA) is 76.6 Å². The van der Waals surface area contributed by atoms with Crippen molar-refractivity contribution in [3.63, 3.8) is 0 Å². The molecule has 7 nitrogen and oxygen atoms in total. The fourth-order valence-electron chi connectivity index (χ4n) is 3.48. The number of hydrogen-bond donors (Lipinski definition) is 1. The standard InChI is InChI=1S/C24H31ClF2N4O3/c1-15(22(32)28-11-19(26)27)16-5-7-17(8-6-16)34-18-9-10-31(12-18)21-20(25)23(30-14-29-21)33-13-24(2,3)4/h5-8,14-15,18-19H,9-13H2,1-4H3,(H,28,32)/t15?,18-/m1/s1. The lowest BCUT2D eigenvalue weighted by Crippen LogP contribution is -2.31. The van der Waals surface area contributed by atoms with Gasteiger partial charge in [0.1, 0.15) is 23.2 Å². The Hall–Kier alpha value is -2.68. The number of halogens is 3. The number of amides is 1. The number of rotatable bonds is 9. The van der Waals surface area contributed by atoms with Crippen molar-refractivity contribution in [3.8, 4) is 11.6 Å². The van der Waals surface area contributed by atoms with Gasteiger partial charge >= 0.3 is 0 Å². The summed E-state index contributed by atoms with van der Waals surface area (Å²) in [6.07, 6.45) is -0.405. The quantitative estimate of drug-likeness (QED) is 0.542. The molecule has 2 heterocycles. The molecule has 186 valence electrons. The van der Waals surface area contributed by atoms with Crippen LogP contribution in [0.25, 0.3) is 0 Å². The van der Waals surface area contributed by atoms with Gasteiger partial charge in [0.15, 0.2) is 5.82 Å². The van der Waals surface area contributed by atoms with Gasteiger partial charge in [0, 0.05) is 13.0 Å². The Labute approximate surface area is 203 Å². The third kappa shape index (κ3) is 7.16. The summed E-state index contributed by atoms with van der Waals surface area (Å²) in [7, 11) is 0. The van der Waals surface area contributed by atoms with E-state index in [1.54, 1.807) is 31.2 Å². The molecule has 2 aromatic rings. The SMILES string of the molecule is CC(C(=O)NCC(F)F)c1ccc(O[C@@H]2CCN(c3ncnc(OCC(C)(C)C)c3Cl)C2)cc1. The molecule has 1 N–H and O–H groups in total. The summed E-state index contributed by atoms with van der Waals surface area (Å²) < 4.78 is 36.5. The number of alkyl halides is 2. The van der Waals surface area contributed by atoms with Crippen molar-refractivity contribution < 1.29 is 23.0 Å². The van der Waals surface area contributed by atoms with Crippen molar-refractivity contribution in [1.82, 2.24) is 15.3 Å². The number of hydrogen-bond acceptors (Lipinski definition) is 6. The molecular formula is C24H31ClF2N4O3. The predicted molar refractivity (Wildman–Crippen MR) is 127 cm³/mol. The second-order valence-electron chi connectivity index (χ2n) is 9.57. The molecule has 1 aromatic carbocycles. The Morgan fingerprint density at radius 1 is 1.26 bits per heavy atom. The minimum absolute atomic E-state index is 0.0238. The van der Waals surface area contributed by atoms with Crippen LogP contribution < -0.4 is 19.7 Å². The van der Waals surface area contributed by atoms with Crippen molar-refractivity contribution >= 4 is 23.3 Å². The fraction of sp³-hybridized carbons (Fsp3) is 0.542. The van der Waals surface area contributed by atoms with E-state index in [0.717, 1.165) is 18.5 Å². The molecule has 1 aliphatic rings. The molecule has 3 rings (SSSR count). The highest BCUT2D eigenvalue weighted by molar-refractivity contribution is 6.34. The van der Waals surface area contributed by atoms with Crippen LogP contribution in [0.4, 0.5) is 14.6 Å². The monoisotopic (exact) mass is 496 g/mol. The fourth-order valence-corrected chi connectivity index (χ4v) is 3.75. The van der Waals surface area contributed by atoms with Crippen LogP contribution in [0.3, 0.4) is 0 Å². The van der Waals surface area contributed by atoms with Crippen molar-refractivity contribution in [3.05, 3.63) is 41.2 Å². The first-order valence-corrected chi connectivity index (χ1v) is 11.6. The number of carbonyl (C=O) groups is 1. The molecule has 1 unspecified atom stereocenters. The van der Waals surface area contributed by atoms with Crippen molar-refractivity contribution in [2.75, 3.05) is 31.1 Å². The van der Waals surface area contributed by atoms with Gasteiger partial charge in [-0.1, -0.05) is 44.5 Å². The van der Waals surface area contributed by atoms with Gasteiger partial charge in [0.05, 0.1) is 25.6 Å². The van der Waals surface area contributed by atoms with Gasteiger partial charge in [0.25, 0.3) is 6.43 Å². The summed E-state index contributed by atoms with van der Waals surface area (Å²) in [4.78, 5) is 22.6. The molecule has 0 bridgehead atoms. The Morgan fingerprint density at radius 3 is 2.62 bits per heavy atom. The Kier molecular flexibility index (Phi) is 8.52. The number of anilines is 1. The minimum atomic E-state index is -2.57. The average molecular weight is 497 g/mol. The number of ether oxygens (including phenoxy) is 2. The molecule has 2 atom stereocenters. The summed E-state index contributed by atoms with van der Waals surface area (Å²) in [5, 5.41) is 2.63. The smallest absolute Gasteiger partial charge is 0.255 e. The van der Waals surface area contributed by atoms with Crippen LogP contribution in [0, 0.1) is 5.41 Å². The number of nitrogens with zero attached hydrogens (tertiary/aromatic N) is 3. The number of benzene rings is 1. The van der Waals surface area contributed by atoms with Gasteiger partial charge in [-0.2, -0.15) is 0 Å². The van der Waals surface area contributed by atoms with Crippen LogP contribution in [-0.2, 0) is 4.79 Å². The number of carbonyl (C=O) groups excluding carboxylic acids is 1. The summed E-state index contributed by atoms with van der Waals surface area (Å²) in [5.74, 6) is 0.676. The number of nitrogens with one attached hydrogen (secondary N) is 1. The lowest BCUT2D eigenvalue weighted by atomic mass is 9.99. The maximum Gasteiger partial charge on any atom is 0.255 e. The van der Waals surface area contributed by atoms with Crippen LogP contribution in [0.15, 0.2) is 30.6 Å². The maximum absolute atomic E-state index is 12.3. The molecular weight excluding hydrogens is 466 g/mol. The van der Waals surface area contributed by atoms with Crippen LogP contribution in [0.2, 0.25) is 5.02 Å². The molecule has 0 saturated carbocycles. The molecule has 1 saturated heterocycles. The Morgan fingerprint density at radius 2 is 1.97 bits per heavy atom. The lowest BCUT2D eigenvalue weighted by Gasteiger charge is -2.22. The zero-order valence-corrected chi connectivity index (χ0v) is 20.6. The number of aromatic nitrogens is 2. The molecule has 1 fully saturated rings. The molecule has 34 heavy (non-hydrogen) atoms. The first-order valence-electron chi connectivity index (χ1n) is 11.2. The highest BCUT2D eigenvalue weighted by Gasteiger charge is 2.28. The largest absolute Gasteiger partial charge is 0.489 e. The van der Waals surface area contributed by atoms with E-state index in [9.17, 15) is 13.6 Å². The summed E-state index contributed by atoms with van der Waals surface area (Å²) in [6, 6.07) is 7.11. The van der Waals surface area contributed by atoms with Crippen molar-refractivity contribution in [2.24, 2.45) is 5.41 Å². The summed E-state index contributed by atoms with van der Waals surface area (Å²) >= 11 is 6.53. The second-order valence-corrected chi connectivity index (χ2v) is 9.95. The highest BCUT2D eigenvalue weighted by atomic mass is 35.5. The normalized spacial score (nSPS) is 17.1. The van der Waals surface area contributed by atoms with E-state index in [4.69, 9.17) is 21.1 Å². The zero-order chi connectivity index (χ0) is 24.9. The van der Waals surface area contributed by atoms with E-state index in [1.165, 1.54) is 6.33 Å². The van der Waals surface area contributed by atoms with Crippen LogP contribution in [0.5, 0.6) is 11.6 Å². The molecule has 1 aromatic heterocycles. The Bertz CT molecular complexity index is 970. The van der Waals surface area contributed by atoms with Gasteiger partial charge in [-0.25, -0.2) is 18.7 Å². The molecule has 0 radical (unpaired) electrons. The van der Waals surface area contributed by atoms with Crippen molar-refractivity contribution in [1.29, 1.82) is 0 Å². The van der Waals surface area contributed by atoms with E-state index in [0.29, 0.717) is 35.6 Å². The highest BCUT2D eigenvalue weighted by Crippen LogP contribution is 2.34. The lowest BCUT2D eigenvalue weighted by molar-refractivity contribution is -0.122. The molecule has 0 aliphatic carbocycles. The van der Waals surface area contributed by atoms with E-state index >= 15 is 0 Å². The van der Waals surface area contributed by atoms with Crippen LogP contribution in [-0.4, -0.2) is 54.6 Å². The minimum Gasteiger partial charge on any atom is -0.489 e. The third-order valence-corrected chi connectivity index (χ3v) is 5.66. The first-order chi connectivity index (χ1) is 16.0. The average Bonchev–Trinajstić information content (AvgIpc) is 3.24. The van der Waals surface area contributed by atoms with E-state index in [-0.39, 0.29) is 11.5 Å². The zero-order valence-electron chi connectivity index (χ0n) is 19.9. The van der Waals surface area contributed by atoms with Crippen molar-refractivity contribution in [2.45, 2.75) is 52.6 Å². The van der Waals surface area contributed by atoms with Gasteiger partial charge in [-0.15, -0.1) is 0 Å². The predicted octanol–water partition coefficient (Wildman–Crippen LogP) is 4.70. The van der Waals surface area contributed by atoms with E-state index in [1.807, 2.05) is 4.90 Å². The molecule has 1 amide bonds. The van der Waals surface area contributed by atoms with Gasteiger partial charge in [-0.3, -0.25) is 4.79 Å². The summed E-state index contributed by atoms with van der Waals surface area (Å²) in [6.45, 7) is 9.04. The van der Waals surface area contributed by atoms with Crippen LogP contribution >= 0.6 is 11.6 Å². The van der Waals surface area contributed by atoms with E-state index < -0.39 is 24.8 Å². The first kappa shape index (κ1) is 25.9. The van der Waals surface area contributed by atoms with Gasteiger partial charge < -0.3 is 19.7 Å². The van der Waals surface area contributed by atoms with Gasteiger partial charge in [0.2, 0.25) is 11.8 Å². The van der Waals surface area contributed by atoms with Gasteiger partial charge in [-0.05, 0) is 30.0 Å². The Balaban J connectivity index is 1.57. The van der Waals surface area contributed by atoms with E-state index in [2.05, 4.69) is 36.1 Å². The summed E-state index contributed by atoms with van der Waals surface area (Å²) in [5.41, 5.74) is 0.701. The maximum atomic E-state index is 12.3. The molecule has 1 aliphatic heterocycles.